The van der Waals surface area contributed by atoms with Crippen LogP contribution in [0.25, 0.3) is 0 Å². The number of halogens is 4. The zero-order valence-electron chi connectivity index (χ0n) is 9.58. The predicted octanol–water partition coefficient (Wildman–Crippen LogP) is 2.76. The number of carbonyl (C=O) groups is 1. The van der Waals surface area contributed by atoms with Gasteiger partial charge < -0.3 is 15.6 Å². The molecule has 0 aliphatic carbocycles. The van der Waals surface area contributed by atoms with Crippen LogP contribution in [0.2, 0.25) is 5.02 Å². The lowest BCUT2D eigenvalue weighted by Gasteiger charge is -2.16. The topological polar surface area (TPSA) is 72.6 Å². The van der Waals surface area contributed by atoms with Gasteiger partial charge in [-0.05, 0) is 24.2 Å². The third-order valence-electron chi connectivity index (χ3n) is 2.36. The van der Waals surface area contributed by atoms with E-state index in [1.165, 1.54) is 12.1 Å². The highest BCUT2D eigenvalue weighted by Crippen LogP contribution is 2.33. The Morgan fingerprint density at radius 3 is 2.58 bits per heavy atom. The van der Waals surface area contributed by atoms with Crippen molar-refractivity contribution in [3.63, 3.8) is 0 Å². The van der Waals surface area contributed by atoms with Gasteiger partial charge in [0.05, 0.1) is 11.4 Å². The van der Waals surface area contributed by atoms with Gasteiger partial charge in [-0.15, -0.1) is 13.2 Å². The van der Waals surface area contributed by atoms with Gasteiger partial charge >= 0.3 is 12.3 Å². The Labute approximate surface area is 111 Å². The Balaban J connectivity index is 3.03. The summed E-state index contributed by atoms with van der Waals surface area (Å²) >= 11 is 5.58. The Kier molecular flexibility index (Phi) is 5.02. The van der Waals surface area contributed by atoms with Crippen molar-refractivity contribution in [1.82, 2.24) is 0 Å². The minimum Gasteiger partial charge on any atom is -0.481 e. The van der Waals surface area contributed by atoms with Crippen molar-refractivity contribution >= 4 is 17.6 Å². The summed E-state index contributed by atoms with van der Waals surface area (Å²) in [5, 5.41) is 8.48. The maximum atomic E-state index is 12.1. The highest BCUT2D eigenvalue weighted by Gasteiger charge is 2.32. The lowest BCUT2D eigenvalue weighted by molar-refractivity contribution is -0.274. The van der Waals surface area contributed by atoms with E-state index in [9.17, 15) is 18.0 Å². The monoisotopic (exact) mass is 297 g/mol. The van der Waals surface area contributed by atoms with Crippen LogP contribution in [-0.2, 0) is 4.79 Å². The molecule has 4 nitrogen and oxygen atoms in total. The van der Waals surface area contributed by atoms with Crippen LogP contribution in [0.15, 0.2) is 18.2 Å². The Morgan fingerprint density at radius 2 is 2.11 bits per heavy atom. The summed E-state index contributed by atoms with van der Waals surface area (Å²) in [6.45, 7) is -0.0145. The van der Waals surface area contributed by atoms with E-state index >= 15 is 0 Å². The van der Waals surface area contributed by atoms with Gasteiger partial charge in [0.2, 0.25) is 0 Å². The first-order valence-electron chi connectivity index (χ1n) is 5.20. The van der Waals surface area contributed by atoms with Crippen molar-refractivity contribution in [2.45, 2.75) is 18.7 Å². The van der Waals surface area contributed by atoms with Gasteiger partial charge in [-0.2, -0.15) is 0 Å². The predicted molar refractivity (Wildman–Crippen MR) is 62.2 cm³/mol. The van der Waals surface area contributed by atoms with E-state index in [-0.39, 0.29) is 18.0 Å². The molecule has 106 valence electrons. The quantitative estimate of drug-likeness (QED) is 0.876. The maximum Gasteiger partial charge on any atom is 0.573 e. The SMILES string of the molecule is NCC(CC(=O)O)c1ccc(Cl)c(OC(F)(F)F)c1. The lowest BCUT2D eigenvalue weighted by atomic mass is 9.96. The molecule has 0 spiro atoms. The van der Waals surface area contributed by atoms with Gasteiger partial charge in [-0.3, -0.25) is 4.79 Å². The number of nitrogens with two attached hydrogens (primary N) is 1. The fourth-order valence-electron chi connectivity index (χ4n) is 1.52. The number of hydrogen-bond donors (Lipinski definition) is 2. The molecule has 19 heavy (non-hydrogen) atoms. The van der Waals surface area contributed by atoms with Crippen LogP contribution in [-0.4, -0.2) is 24.0 Å². The number of benzene rings is 1. The highest BCUT2D eigenvalue weighted by atomic mass is 35.5. The van der Waals surface area contributed by atoms with Gasteiger partial charge in [0, 0.05) is 5.92 Å². The Morgan fingerprint density at radius 1 is 1.47 bits per heavy atom. The Bertz CT molecular complexity index is 465. The average molecular weight is 298 g/mol. The maximum absolute atomic E-state index is 12.1. The van der Waals surface area contributed by atoms with E-state index in [2.05, 4.69) is 4.74 Å². The minimum absolute atomic E-state index is 0.0145. The number of carboxylic acids is 1. The first-order valence-corrected chi connectivity index (χ1v) is 5.57. The molecule has 0 aromatic heterocycles. The van der Waals surface area contributed by atoms with Gasteiger partial charge in [0.1, 0.15) is 5.75 Å². The standard InChI is InChI=1S/C11H11ClF3NO3/c12-8-2-1-6(7(5-16)4-10(17)18)3-9(8)19-11(13,14)15/h1-3,7H,4-5,16H2,(H,17,18). The lowest BCUT2D eigenvalue weighted by Crippen LogP contribution is -2.19. The van der Waals surface area contributed by atoms with E-state index < -0.39 is 24.0 Å². The van der Waals surface area contributed by atoms with E-state index in [0.29, 0.717) is 5.56 Å². The summed E-state index contributed by atoms with van der Waals surface area (Å²) in [5.41, 5.74) is 5.74. The minimum atomic E-state index is -4.87. The molecule has 0 saturated carbocycles. The summed E-state index contributed by atoms with van der Waals surface area (Å²) in [6.07, 6.45) is -5.16. The van der Waals surface area contributed by atoms with Crippen LogP contribution in [0.3, 0.4) is 0 Å². The van der Waals surface area contributed by atoms with Gasteiger partial charge in [-0.1, -0.05) is 17.7 Å². The molecule has 1 aromatic carbocycles. The van der Waals surface area contributed by atoms with Crippen LogP contribution in [0, 0.1) is 0 Å². The van der Waals surface area contributed by atoms with Crippen molar-refractivity contribution in [2.75, 3.05) is 6.54 Å². The van der Waals surface area contributed by atoms with E-state index in [1.54, 1.807) is 0 Å². The van der Waals surface area contributed by atoms with Crippen LogP contribution >= 0.6 is 11.6 Å². The van der Waals surface area contributed by atoms with Gasteiger partial charge in [0.25, 0.3) is 0 Å². The molecular formula is C11H11ClF3NO3. The van der Waals surface area contributed by atoms with E-state index in [0.717, 1.165) is 6.07 Å². The molecule has 8 heteroatoms. The van der Waals surface area contributed by atoms with Crippen LogP contribution < -0.4 is 10.5 Å². The molecule has 0 heterocycles. The first-order chi connectivity index (χ1) is 8.73. The second-order valence-corrected chi connectivity index (χ2v) is 4.18. The molecule has 0 radical (unpaired) electrons. The molecule has 0 amide bonds. The molecule has 0 bridgehead atoms. The molecule has 0 aliphatic rings. The average Bonchev–Trinajstić information content (AvgIpc) is 2.27. The zero-order chi connectivity index (χ0) is 14.6. The van der Waals surface area contributed by atoms with E-state index in [1.807, 2.05) is 0 Å². The van der Waals surface area contributed by atoms with Crippen molar-refractivity contribution in [3.05, 3.63) is 28.8 Å². The van der Waals surface area contributed by atoms with Crippen LogP contribution in [0.5, 0.6) is 5.75 Å². The van der Waals surface area contributed by atoms with Crippen molar-refractivity contribution in [3.8, 4) is 5.75 Å². The van der Waals surface area contributed by atoms with Crippen LogP contribution in [0.4, 0.5) is 13.2 Å². The Hall–Kier alpha value is -1.47. The highest BCUT2D eigenvalue weighted by molar-refractivity contribution is 6.32. The molecule has 0 saturated heterocycles. The van der Waals surface area contributed by atoms with Crippen molar-refractivity contribution < 1.29 is 27.8 Å². The molecule has 1 rings (SSSR count). The fourth-order valence-corrected chi connectivity index (χ4v) is 1.68. The number of hydrogen-bond acceptors (Lipinski definition) is 3. The second-order valence-electron chi connectivity index (χ2n) is 3.77. The first kappa shape index (κ1) is 15.6. The van der Waals surface area contributed by atoms with Crippen molar-refractivity contribution in [2.24, 2.45) is 5.73 Å². The van der Waals surface area contributed by atoms with Crippen molar-refractivity contribution in [1.29, 1.82) is 0 Å². The van der Waals surface area contributed by atoms with E-state index in [4.69, 9.17) is 22.4 Å². The number of aliphatic carboxylic acids is 1. The second kappa shape index (κ2) is 6.12. The summed E-state index contributed by atoms with van der Waals surface area (Å²) in [6, 6.07) is 3.69. The molecule has 0 aliphatic heterocycles. The molecule has 1 aromatic rings. The third kappa shape index (κ3) is 4.96. The third-order valence-corrected chi connectivity index (χ3v) is 2.67. The smallest absolute Gasteiger partial charge is 0.481 e. The molecule has 0 fully saturated rings. The zero-order valence-corrected chi connectivity index (χ0v) is 10.3. The molecule has 1 atom stereocenters. The van der Waals surface area contributed by atoms with Gasteiger partial charge in [0.15, 0.2) is 0 Å². The number of alkyl halides is 3. The summed E-state index contributed by atoms with van der Waals surface area (Å²) in [5.74, 6) is -2.27. The van der Waals surface area contributed by atoms with Crippen LogP contribution in [0.1, 0.15) is 17.9 Å². The number of rotatable bonds is 5. The fraction of sp³-hybridized carbons (Fsp3) is 0.364. The molecular weight excluding hydrogens is 287 g/mol. The number of ether oxygens (including phenoxy) is 1. The molecule has 3 N–H and O–H groups in total. The summed E-state index contributed by atoms with van der Waals surface area (Å²) < 4.78 is 40.2. The molecule has 1 unspecified atom stereocenters. The van der Waals surface area contributed by atoms with Gasteiger partial charge in [-0.25, -0.2) is 0 Å². The number of carboxylic acid groups (broad SMARTS) is 1. The summed E-state index contributed by atoms with van der Waals surface area (Å²) in [7, 11) is 0. The summed E-state index contributed by atoms with van der Waals surface area (Å²) in [4.78, 5) is 10.6. The normalized spacial score (nSPS) is 13.1. The largest absolute Gasteiger partial charge is 0.573 e.